The highest BCUT2D eigenvalue weighted by atomic mass is 32.2. The molecule has 1 aromatic carbocycles. The third kappa shape index (κ3) is 3.31. The molecule has 0 fully saturated rings. The van der Waals surface area contributed by atoms with Gasteiger partial charge in [-0.1, -0.05) is 5.21 Å². The molecule has 3 aromatic rings. The first kappa shape index (κ1) is 15.0. The number of carbonyl (C=O) groups is 1. The van der Waals surface area contributed by atoms with Gasteiger partial charge in [0.25, 0.3) is 5.91 Å². The molecule has 0 aliphatic heterocycles. The Kier molecular flexibility index (Phi) is 3.52. The van der Waals surface area contributed by atoms with Crippen LogP contribution in [0.2, 0.25) is 0 Å². The van der Waals surface area contributed by atoms with Gasteiger partial charge < -0.3 is 5.73 Å². The first-order valence-electron chi connectivity index (χ1n) is 6.59. The zero-order valence-electron chi connectivity index (χ0n) is 12.2. The standard InChI is InChI=1S/C13H14N6O3S/c1-23(21,22)16-12-7-18(17-15-12)8-13(20)19-5-4-9-6-10(14)2-3-11(9)19/h2-7,16H,8,14H2,1H3. The van der Waals surface area contributed by atoms with Gasteiger partial charge in [-0.25, -0.2) is 13.1 Å². The van der Waals surface area contributed by atoms with Crippen molar-refractivity contribution in [3.8, 4) is 0 Å². The second-order valence-electron chi connectivity index (χ2n) is 5.07. The van der Waals surface area contributed by atoms with Gasteiger partial charge in [0.15, 0.2) is 5.82 Å². The average Bonchev–Trinajstić information content (AvgIpc) is 3.03. The fourth-order valence-corrected chi connectivity index (χ4v) is 2.68. The van der Waals surface area contributed by atoms with Gasteiger partial charge in [0.2, 0.25) is 10.0 Å². The number of nitrogens with one attached hydrogen (secondary N) is 1. The lowest BCUT2D eigenvalue weighted by molar-refractivity contribution is 0.0891. The van der Waals surface area contributed by atoms with E-state index in [2.05, 4.69) is 15.0 Å². The number of aromatic nitrogens is 4. The van der Waals surface area contributed by atoms with Crippen LogP contribution in [-0.2, 0) is 16.6 Å². The minimum atomic E-state index is -3.44. The summed E-state index contributed by atoms with van der Waals surface area (Å²) in [6, 6.07) is 7.06. The van der Waals surface area contributed by atoms with Crippen LogP contribution in [0.15, 0.2) is 36.7 Å². The fraction of sp³-hybridized carbons (Fsp3) is 0.154. The molecular formula is C13H14N6O3S. The van der Waals surface area contributed by atoms with E-state index >= 15 is 0 Å². The summed E-state index contributed by atoms with van der Waals surface area (Å²) in [5, 5.41) is 8.24. The van der Waals surface area contributed by atoms with Crippen LogP contribution >= 0.6 is 0 Å². The van der Waals surface area contributed by atoms with Crippen LogP contribution in [0.3, 0.4) is 0 Å². The van der Waals surface area contributed by atoms with Gasteiger partial charge in [-0.2, -0.15) is 0 Å². The molecule has 2 aromatic heterocycles. The highest BCUT2D eigenvalue weighted by molar-refractivity contribution is 7.92. The lowest BCUT2D eigenvalue weighted by Gasteiger charge is -2.04. The van der Waals surface area contributed by atoms with Crippen molar-refractivity contribution in [2.24, 2.45) is 0 Å². The van der Waals surface area contributed by atoms with E-state index in [-0.39, 0.29) is 18.3 Å². The Balaban J connectivity index is 1.81. The topological polar surface area (TPSA) is 125 Å². The number of rotatable bonds is 4. The second kappa shape index (κ2) is 5.39. The zero-order chi connectivity index (χ0) is 16.6. The molecular weight excluding hydrogens is 320 g/mol. The molecule has 0 saturated carbocycles. The molecule has 10 heteroatoms. The van der Waals surface area contributed by atoms with E-state index in [1.165, 1.54) is 15.4 Å². The molecule has 0 bridgehead atoms. The summed E-state index contributed by atoms with van der Waals surface area (Å²) in [5.74, 6) is -0.175. The van der Waals surface area contributed by atoms with Crippen molar-refractivity contribution >= 4 is 38.3 Å². The Morgan fingerprint density at radius 1 is 1.35 bits per heavy atom. The molecule has 23 heavy (non-hydrogen) atoms. The largest absolute Gasteiger partial charge is 0.399 e. The van der Waals surface area contributed by atoms with Gasteiger partial charge in [-0.05, 0) is 24.3 Å². The van der Waals surface area contributed by atoms with Gasteiger partial charge in [-0.15, -0.1) is 5.10 Å². The maximum Gasteiger partial charge on any atom is 0.252 e. The lowest BCUT2D eigenvalue weighted by Crippen LogP contribution is -2.17. The van der Waals surface area contributed by atoms with Gasteiger partial charge in [0.05, 0.1) is 18.0 Å². The molecule has 9 nitrogen and oxygen atoms in total. The number of carbonyl (C=O) groups excluding carboxylic acids is 1. The van der Waals surface area contributed by atoms with Crippen molar-refractivity contribution in [1.29, 1.82) is 0 Å². The van der Waals surface area contributed by atoms with E-state index in [0.29, 0.717) is 5.69 Å². The average molecular weight is 334 g/mol. The van der Waals surface area contributed by atoms with E-state index in [4.69, 9.17) is 5.73 Å². The van der Waals surface area contributed by atoms with E-state index in [1.807, 2.05) is 0 Å². The van der Waals surface area contributed by atoms with Crippen LogP contribution in [0, 0.1) is 0 Å². The van der Waals surface area contributed by atoms with Gasteiger partial charge in [0.1, 0.15) is 6.54 Å². The number of hydrogen-bond donors (Lipinski definition) is 2. The fourth-order valence-electron chi connectivity index (χ4n) is 2.21. The predicted molar refractivity (Wildman–Crippen MR) is 85.5 cm³/mol. The Morgan fingerprint density at radius 2 is 2.13 bits per heavy atom. The molecule has 0 atom stereocenters. The highest BCUT2D eigenvalue weighted by Crippen LogP contribution is 2.19. The summed E-state index contributed by atoms with van der Waals surface area (Å²) in [6.45, 7) is -0.0768. The van der Waals surface area contributed by atoms with E-state index in [1.54, 1.807) is 30.5 Å². The monoisotopic (exact) mass is 334 g/mol. The van der Waals surface area contributed by atoms with E-state index in [0.717, 1.165) is 17.2 Å². The number of nitrogens with two attached hydrogens (primary N) is 1. The van der Waals surface area contributed by atoms with Crippen LogP contribution in [-0.4, -0.2) is 40.1 Å². The molecule has 3 N–H and O–H groups in total. The maximum atomic E-state index is 12.4. The van der Waals surface area contributed by atoms with Gasteiger partial charge in [-0.3, -0.25) is 14.1 Å². The van der Waals surface area contributed by atoms with E-state index < -0.39 is 10.0 Å². The Labute approximate surface area is 131 Å². The number of nitrogens with zero attached hydrogens (tertiary/aromatic N) is 4. The Morgan fingerprint density at radius 3 is 2.87 bits per heavy atom. The maximum absolute atomic E-state index is 12.4. The van der Waals surface area contributed by atoms with Crippen molar-refractivity contribution in [1.82, 2.24) is 19.6 Å². The van der Waals surface area contributed by atoms with Crippen LogP contribution in [0.1, 0.15) is 4.79 Å². The number of benzene rings is 1. The number of sulfonamides is 1. The minimum Gasteiger partial charge on any atom is -0.399 e. The Bertz CT molecular complexity index is 988. The molecule has 0 radical (unpaired) electrons. The number of fused-ring (bicyclic) bond motifs is 1. The highest BCUT2D eigenvalue weighted by Gasteiger charge is 2.12. The number of nitrogen functional groups attached to an aromatic ring is 1. The number of anilines is 2. The first-order chi connectivity index (χ1) is 10.8. The number of hydrogen-bond acceptors (Lipinski definition) is 6. The molecule has 2 heterocycles. The van der Waals surface area contributed by atoms with Crippen LogP contribution < -0.4 is 10.5 Å². The molecule has 0 amide bonds. The molecule has 0 aliphatic carbocycles. The smallest absolute Gasteiger partial charge is 0.252 e. The van der Waals surface area contributed by atoms with Crippen molar-refractivity contribution < 1.29 is 13.2 Å². The third-order valence-corrected chi connectivity index (χ3v) is 3.69. The van der Waals surface area contributed by atoms with Gasteiger partial charge in [0, 0.05) is 17.3 Å². The second-order valence-corrected chi connectivity index (χ2v) is 6.82. The SMILES string of the molecule is CS(=O)(=O)Nc1cn(CC(=O)n2ccc3cc(N)ccc32)nn1. The molecule has 0 spiro atoms. The summed E-state index contributed by atoms with van der Waals surface area (Å²) in [4.78, 5) is 12.4. The summed E-state index contributed by atoms with van der Waals surface area (Å²) in [7, 11) is -3.44. The predicted octanol–water partition coefficient (Wildman–Crippen LogP) is 0.527. The minimum absolute atomic E-state index is 0.0606. The lowest BCUT2D eigenvalue weighted by atomic mass is 10.2. The first-order valence-corrected chi connectivity index (χ1v) is 8.49. The molecule has 0 unspecified atom stereocenters. The van der Waals surface area contributed by atoms with Crippen molar-refractivity contribution in [2.75, 3.05) is 16.7 Å². The summed E-state index contributed by atoms with van der Waals surface area (Å²) < 4.78 is 27.2. The quantitative estimate of drug-likeness (QED) is 0.670. The molecule has 120 valence electrons. The zero-order valence-corrected chi connectivity index (χ0v) is 13.0. The normalized spacial score (nSPS) is 11.7. The molecule has 3 rings (SSSR count). The summed E-state index contributed by atoms with van der Waals surface area (Å²) in [5.41, 5.74) is 7.07. The van der Waals surface area contributed by atoms with Crippen molar-refractivity contribution in [3.05, 3.63) is 36.7 Å². The van der Waals surface area contributed by atoms with Crippen LogP contribution in [0.5, 0.6) is 0 Å². The van der Waals surface area contributed by atoms with E-state index in [9.17, 15) is 13.2 Å². The van der Waals surface area contributed by atoms with Crippen LogP contribution in [0.25, 0.3) is 10.9 Å². The third-order valence-electron chi connectivity index (χ3n) is 3.11. The molecule has 0 saturated heterocycles. The Hall–Kier alpha value is -2.88. The van der Waals surface area contributed by atoms with Gasteiger partial charge >= 0.3 is 0 Å². The van der Waals surface area contributed by atoms with Crippen molar-refractivity contribution in [3.63, 3.8) is 0 Å². The molecule has 0 aliphatic rings. The summed E-state index contributed by atoms with van der Waals surface area (Å²) in [6.07, 6.45) is 4.01. The van der Waals surface area contributed by atoms with Crippen LogP contribution in [0.4, 0.5) is 11.5 Å². The summed E-state index contributed by atoms with van der Waals surface area (Å²) >= 11 is 0. The van der Waals surface area contributed by atoms with Crippen molar-refractivity contribution in [2.45, 2.75) is 6.54 Å².